The SMILES string of the molecule is Cn1c(C2CCOCC2)nc(C=C2C=Nc3ncc(Cl)cc32)c1O. The topological polar surface area (TPSA) is 72.5 Å². The molecule has 124 valence electrons. The number of hydrogen-bond acceptors (Lipinski definition) is 5. The van der Waals surface area contributed by atoms with Gasteiger partial charge in [-0.25, -0.2) is 15.0 Å². The van der Waals surface area contributed by atoms with Crippen molar-refractivity contribution >= 4 is 35.3 Å². The minimum Gasteiger partial charge on any atom is -0.493 e. The second-order valence-corrected chi connectivity index (χ2v) is 6.44. The van der Waals surface area contributed by atoms with Crippen molar-refractivity contribution in [3.8, 4) is 5.88 Å². The number of hydrogen-bond donors (Lipinski definition) is 1. The van der Waals surface area contributed by atoms with Gasteiger partial charge in [-0.2, -0.15) is 0 Å². The maximum absolute atomic E-state index is 10.5. The zero-order valence-electron chi connectivity index (χ0n) is 13.2. The third kappa shape index (κ3) is 2.61. The highest BCUT2D eigenvalue weighted by atomic mass is 35.5. The molecule has 0 aliphatic carbocycles. The van der Waals surface area contributed by atoms with Gasteiger partial charge in [0, 0.05) is 49.7 Å². The van der Waals surface area contributed by atoms with E-state index in [4.69, 9.17) is 16.3 Å². The van der Waals surface area contributed by atoms with Crippen molar-refractivity contribution in [2.75, 3.05) is 13.2 Å². The van der Waals surface area contributed by atoms with Crippen LogP contribution in [0.15, 0.2) is 17.3 Å². The first-order chi connectivity index (χ1) is 11.6. The minimum atomic E-state index is 0.154. The maximum Gasteiger partial charge on any atom is 0.218 e. The number of allylic oxidation sites excluding steroid dienone is 1. The van der Waals surface area contributed by atoms with Crippen LogP contribution >= 0.6 is 11.6 Å². The van der Waals surface area contributed by atoms with E-state index in [9.17, 15) is 5.11 Å². The number of aromatic nitrogens is 3. The van der Waals surface area contributed by atoms with Crippen molar-refractivity contribution in [3.05, 3.63) is 34.4 Å². The Morgan fingerprint density at radius 3 is 2.96 bits per heavy atom. The fourth-order valence-corrected chi connectivity index (χ4v) is 3.31. The Morgan fingerprint density at radius 1 is 1.38 bits per heavy atom. The molecule has 1 saturated heterocycles. The molecule has 0 radical (unpaired) electrons. The lowest BCUT2D eigenvalue weighted by Crippen LogP contribution is -2.17. The molecule has 0 spiro atoms. The Hall–Kier alpha value is -2.18. The van der Waals surface area contributed by atoms with Crippen molar-refractivity contribution in [2.45, 2.75) is 18.8 Å². The van der Waals surface area contributed by atoms with E-state index in [1.165, 1.54) is 0 Å². The van der Waals surface area contributed by atoms with Gasteiger partial charge in [0.25, 0.3) is 0 Å². The van der Waals surface area contributed by atoms with Gasteiger partial charge in [-0.3, -0.25) is 0 Å². The molecule has 0 unspecified atom stereocenters. The molecule has 2 aromatic heterocycles. The molecule has 0 atom stereocenters. The summed E-state index contributed by atoms with van der Waals surface area (Å²) in [6, 6.07) is 1.82. The predicted octanol–water partition coefficient (Wildman–Crippen LogP) is 3.32. The number of nitrogens with zero attached hydrogens (tertiary/aromatic N) is 4. The molecule has 2 aromatic rings. The van der Waals surface area contributed by atoms with Crippen LogP contribution < -0.4 is 0 Å². The zero-order valence-corrected chi connectivity index (χ0v) is 14.0. The molecule has 0 saturated carbocycles. The lowest BCUT2D eigenvalue weighted by molar-refractivity contribution is 0.0829. The summed E-state index contributed by atoms with van der Waals surface area (Å²) >= 11 is 6.03. The van der Waals surface area contributed by atoms with Crippen molar-refractivity contribution in [1.82, 2.24) is 14.5 Å². The quantitative estimate of drug-likeness (QED) is 0.907. The summed E-state index contributed by atoms with van der Waals surface area (Å²) in [5, 5.41) is 11.0. The summed E-state index contributed by atoms with van der Waals surface area (Å²) in [5.41, 5.74) is 2.22. The fourth-order valence-electron chi connectivity index (χ4n) is 3.16. The van der Waals surface area contributed by atoms with Gasteiger partial charge in [0.05, 0.1) is 5.02 Å². The highest BCUT2D eigenvalue weighted by Gasteiger charge is 2.24. The van der Waals surface area contributed by atoms with Crippen molar-refractivity contribution in [2.24, 2.45) is 12.0 Å². The van der Waals surface area contributed by atoms with Crippen LogP contribution in [0.3, 0.4) is 0 Å². The summed E-state index contributed by atoms with van der Waals surface area (Å²) in [4.78, 5) is 13.1. The van der Waals surface area contributed by atoms with E-state index in [0.717, 1.165) is 43.0 Å². The molecule has 0 bridgehead atoms. The Morgan fingerprint density at radius 2 is 2.17 bits per heavy atom. The summed E-state index contributed by atoms with van der Waals surface area (Å²) in [7, 11) is 1.84. The average Bonchev–Trinajstić information content (AvgIpc) is 3.12. The fraction of sp³-hybridized carbons (Fsp3) is 0.353. The third-order valence-corrected chi connectivity index (χ3v) is 4.68. The second kappa shape index (κ2) is 6.03. The van der Waals surface area contributed by atoms with E-state index < -0.39 is 0 Å². The molecule has 2 aliphatic heterocycles. The predicted molar refractivity (Wildman–Crippen MR) is 92.9 cm³/mol. The number of imidazole rings is 1. The molecular formula is C17H17ClN4O2. The van der Waals surface area contributed by atoms with Crippen molar-refractivity contribution < 1.29 is 9.84 Å². The molecule has 2 aliphatic rings. The van der Waals surface area contributed by atoms with Gasteiger partial charge in [-0.1, -0.05) is 11.6 Å². The number of halogens is 1. The first-order valence-corrected chi connectivity index (χ1v) is 8.26. The van der Waals surface area contributed by atoms with Crippen LogP contribution in [0.4, 0.5) is 5.82 Å². The number of aliphatic imine (C=N–C) groups is 1. The second-order valence-electron chi connectivity index (χ2n) is 6.01. The largest absolute Gasteiger partial charge is 0.493 e. The number of pyridine rings is 1. The van der Waals surface area contributed by atoms with Gasteiger partial charge < -0.3 is 14.4 Å². The Kier molecular flexibility index (Phi) is 3.86. The Balaban J connectivity index is 1.71. The molecular weight excluding hydrogens is 328 g/mol. The van der Waals surface area contributed by atoms with Crippen LogP contribution in [0.5, 0.6) is 5.88 Å². The van der Waals surface area contributed by atoms with Crippen LogP contribution in [0, 0.1) is 0 Å². The maximum atomic E-state index is 10.5. The summed E-state index contributed by atoms with van der Waals surface area (Å²) in [6.45, 7) is 1.47. The Bertz CT molecular complexity index is 851. The molecule has 7 heteroatoms. The molecule has 0 aromatic carbocycles. The number of ether oxygens (including phenoxy) is 1. The first kappa shape index (κ1) is 15.4. The number of rotatable bonds is 2. The van der Waals surface area contributed by atoms with Crippen LogP contribution in [0.1, 0.15) is 35.8 Å². The summed E-state index contributed by atoms with van der Waals surface area (Å²) < 4.78 is 7.16. The molecule has 24 heavy (non-hydrogen) atoms. The van der Waals surface area contributed by atoms with Gasteiger partial charge in [-0.15, -0.1) is 0 Å². The van der Waals surface area contributed by atoms with Crippen molar-refractivity contribution in [3.63, 3.8) is 0 Å². The smallest absolute Gasteiger partial charge is 0.218 e. The standard InChI is InChI=1S/C17H17ClN4O2/c1-22-16(10-2-4-24-5-3-10)21-14(17(22)23)6-11-8-19-15-13(11)7-12(18)9-20-15/h6-10,23H,2-5H2,1H3. The highest BCUT2D eigenvalue weighted by Crippen LogP contribution is 2.35. The van der Waals surface area contributed by atoms with Gasteiger partial charge in [-0.05, 0) is 25.0 Å². The molecule has 4 rings (SSSR count). The molecule has 6 nitrogen and oxygen atoms in total. The van der Waals surface area contributed by atoms with E-state index in [1.807, 2.05) is 19.2 Å². The average molecular weight is 345 g/mol. The van der Waals surface area contributed by atoms with Gasteiger partial charge in [0.15, 0.2) is 5.82 Å². The lowest BCUT2D eigenvalue weighted by atomic mass is 9.99. The highest BCUT2D eigenvalue weighted by molar-refractivity contribution is 6.31. The van der Waals surface area contributed by atoms with E-state index in [0.29, 0.717) is 22.5 Å². The number of aromatic hydroxyl groups is 1. The van der Waals surface area contributed by atoms with Crippen LogP contribution in [0.2, 0.25) is 5.02 Å². The van der Waals surface area contributed by atoms with E-state index in [1.54, 1.807) is 17.0 Å². The van der Waals surface area contributed by atoms with E-state index in [2.05, 4.69) is 15.0 Å². The van der Waals surface area contributed by atoms with Gasteiger partial charge in [0.2, 0.25) is 5.88 Å². The summed E-state index contributed by atoms with van der Waals surface area (Å²) in [6.07, 6.45) is 6.96. The first-order valence-electron chi connectivity index (χ1n) is 7.88. The normalized spacial score (nSPS) is 19.2. The number of fused-ring (bicyclic) bond motifs is 1. The van der Waals surface area contributed by atoms with Gasteiger partial charge >= 0.3 is 0 Å². The van der Waals surface area contributed by atoms with Crippen molar-refractivity contribution in [1.29, 1.82) is 0 Å². The van der Waals surface area contributed by atoms with Crippen LogP contribution in [-0.4, -0.2) is 39.1 Å². The third-order valence-electron chi connectivity index (χ3n) is 4.47. The lowest BCUT2D eigenvalue weighted by Gasteiger charge is -2.21. The Labute approximate surface area is 144 Å². The molecule has 4 heterocycles. The minimum absolute atomic E-state index is 0.154. The van der Waals surface area contributed by atoms with Crippen LogP contribution in [0.25, 0.3) is 11.6 Å². The van der Waals surface area contributed by atoms with Crippen LogP contribution in [-0.2, 0) is 11.8 Å². The summed E-state index contributed by atoms with van der Waals surface area (Å²) in [5.74, 6) is 1.98. The molecule has 1 fully saturated rings. The van der Waals surface area contributed by atoms with E-state index in [-0.39, 0.29) is 5.88 Å². The zero-order chi connectivity index (χ0) is 16.7. The van der Waals surface area contributed by atoms with Gasteiger partial charge in [0.1, 0.15) is 11.5 Å². The molecule has 1 N–H and O–H groups in total. The van der Waals surface area contributed by atoms with E-state index >= 15 is 0 Å². The monoisotopic (exact) mass is 344 g/mol. The molecule has 0 amide bonds.